The van der Waals surface area contributed by atoms with Crippen LogP contribution in [0.1, 0.15) is 58.0 Å². The fourth-order valence-electron chi connectivity index (χ4n) is 6.21. The third kappa shape index (κ3) is 3.94. The van der Waals surface area contributed by atoms with E-state index in [4.69, 9.17) is 19.0 Å². The van der Waals surface area contributed by atoms with E-state index in [9.17, 15) is 4.79 Å². The molecule has 9 heteroatoms. The number of aromatic nitrogens is 2. The summed E-state index contributed by atoms with van der Waals surface area (Å²) in [6.07, 6.45) is 1.89. The van der Waals surface area contributed by atoms with E-state index in [1.54, 1.807) is 7.05 Å². The highest BCUT2D eigenvalue weighted by molar-refractivity contribution is 6.62. The molecule has 206 valence electrons. The minimum absolute atomic E-state index is 0.0257. The smallest absolute Gasteiger partial charge is 0.488 e. The van der Waals surface area contributed by atoms with Crippen LogP contribution in [0.4, 0.5) is 0 Å². The first-order chi connectivity index (χ1) is 19.1. The van der Waals surface area contributed by atoms with Crippen molar-refractivity contribution in [1.82, 2.24) is 20.2 Å². The van der Waals surface area contributed by atoms with Crippen LogP contribution in [-0.2, 0) is 20.7 Å². The molecule has 0 radical (unpaired) electrons. The number of amides is 1. The number of likely N-dealkylation sites (tertiary alicyclic amines) is 1. The number of likely N-dealkylation sites (N-methyl/N-ethyl adjacent to an activating group) is 1. The molecule has 3 aliphatic heterocycles. The van der Waals surface area contributed by atoms with Gasteiger partial charge in [0.1, 0.15) is 18.2 Å². The molecule has 1 amide bonds. The Hall–Kier alpha value is -3.40. The number of ether oxygens (including phenoxy) is 1. The molecule has 3 aromatic carbocycles. The predicted molar refractivity (Wildman–Crippen MR) is 157 cm³/mol. The quantitative estimate of drug-likeness (QED) is 0.373. The number of hydrogen-bond donors (Lipinski definition) is 2. The van der Waals surface area contributed by atoms with Crippen molar-refractivity contribution >= 4 is 40.3 Å². The number of nitrogens with zero attached hydrogens (tertiary/aromatic N) is 2. The van der Waals surface area contributed by atoms with Crippen molar-refractivity contribution < 1.29 is 18.8 Å². The fraction of sp³-hybridized carbons (Fsp3) is 0.419. The summed E-state index contributed by atoms with van der Waals surface area (Å²) in [6, 6.07) is 14.9. The van der Waals surface area contributed by atoms with Gasteiger partial charge in [-0.05, 0) is 87.8 Å². The Labute approximate surface area is 234 Å². The number of hydrogen-bond acceptors (Lipinski definition) is 6. The molecule has 2 saturated heterocycles. The van der Waals surface area contributed by atoms with Crippen LogP contribution in [0, 0.1) is 0 Å². The molecule has 4 aromatic rings. The highest BCUT2D eigenvalue weighted by atomic mass is 16.7. The van der Waals surface area contributed by atoms with E-state index < -0.39 is 7.12 Å². The standard InChI is InChI=1S/C31H35BN4O4/c1-30(2)31(3,4)40-32(39-30)20-9-10-21-19(13-20)17-38-26-15-22-18(14-23(21)26)8-11-24-28(22)35-29(34-24)25-7-6-12-36(25)27(37)16-33-5/h8-11,13-15,25,33H,6-7,12,16-17H2,1-5H3,(H,34,35). The van der Waals surface area contributed by atoms with Crippen LogP contribution in [-0.4, -0.2) is 59.2 Å². The van der Waals surface area contributed by atoms with Crippen LogP contribution in [0.3, 0.4) is 0 Å². The summed E-state index contributed by atoms with van der Waals surface area (Å²) in [5.41, 5.74) is 5.48. The third-order valence-electron chi connectivity index (χ3n) is 9.13. The van der Waals surface area contributed by atoms with Crippen molar-refractivity contribution in [2.24, 2.45) is 0 Å². The van der Waals surface area contributed by atoms with Crippen molar-refractivity contribution in [3.8, 4) is 16.9 Å². The predicted octanol–water partition coefficient (Wildman–Crippen LogP) is 4.46. The number of carbonyl (C=O) groups is 1. The summed E-state index contributed by atoms with van der Waals surface area (Å²) >= 11 is 0. The molecule has 1 atom stereocenters. The maximum absolute atomic E-state index is 12.7. The molecule has 2 N–H and O–H groups in total. The molecule has 1 aromatic heterocycles. The molecule has 0 spiro atoms. The van der Waals surface area contributed by atoms with E-state index in [1.165, 1.54) is 0 Å². The van der Waals surface area contributed by atoms with Crippen LogP contribution < -0.4 is 15.5 Å². The highest BCUT2D eigenvalue weighted by Crippen LogP contribution is 2.42. The molecule has 3 aliphatic rings. The first-order valence-corrected chi connectivity index (χ1v) is 14.2. The van der Waals surface area contributed by atoms with Gasteiger partial charge in [0.05, 0.1) is 34.8 Å². The molecule has 40 heavy (non-hydrogen) atoms. The van der Waals surface area contributed by atoms with Gasteiger partial charge >= 0.3 is 7.12 Å². The second-order valence-corrected chi connectivity index (χ2v) is 12.2. The van der Waals surface area contributed by atoms with Crippen LogP contribution >= 0.6 is 0 Å². The van der Waals surface area contributed by atoms with Crippen molar-refractivity contribution in [2.75, 3.05) is 20.1 Å². The number of fused-ring (bicyclic) bond motifs is 6. The average molecular weight is 538 g/mol. The summed E-state index contributed by atoms with van der Waals surface area (Å²) in [6.45, 7) is 9.87. The summed E-state index contributed by atoms with van der Waals surface area (Å²) in [7, 11) is 1.40. The molecule has 0 aliphatic carbocycles. The summed E-state index contributed by atoms with van der Waals surface area (Å²) in [5, 5.41) is 5.12. The highest BCUT2D eigenvalue weighted by Gasteiger charge is 2.51. The van der Waals surface area contributed by atoms with Crippen molar-refractivity contribution in [3.63, 3.8) is 0 Å². The maximum atomic E-state index is 12.7. The molecule has 0 bridgehead atoms. The van der Waals surface area contributed by atoms with Gasteiger partial charge in [0.25, 0.3) is 0 Å². The van der Waals surface area contributed by atoms with E-state index in [1.807, 2.05) is 4.90 Å². The molecule has 0 saturated carbocycles. The lowest BCUT2D eigenvalue weighted by atomic mass is 9.77. The molecule has 8 nitrogen and oxygen atoms in total. The van der Waals surface area contributed by atoms with Crippen LogP contribution in [0.5, 0.6) is 5.75 Å². The number of carbonyl (C=O) groups excluding carboxylic acids is 1. The second-order valence-electron chi connectivity index (χ2n) is 12.2. The van der Waals surface area contributed by atoms with Gasteiger partial charge in [-0.3, -0.25) is 4.79 Å². The Morgan fingerprint density at radius 2 is 1.90 bits per heavy atom. The largest absolute Gasteiger partial charge is 0.494 e. The summed E-state index contributed by atoms with van der Waals surface area (Å²) in [4.78, 5) is 23.1. The van der Waals surface area contributed by atoms with Crippen LogP contribution in [0.15, 0.2) is 42.5 Å². The van der Waals surface area contributed by atoms with E-state index >= 15 is 0 Å². The van der Waals surface area contributed by atoms with Crippen molar-refractivity contribution in [2.45, 2.75) is 64.4 Å². The van der Waals surface area contributed by atoms with Crippen LogP contribution in [0.25, 0.3) is 32.9 Å². The van der Waals surface area contributed by atoms with E-state index in [2.05, 4.69) is 80.5 Å². The lowest BCUT2D eigenvalue weighted by Crippen LogP contribution is -2.41. The van der Waals surface area contributed by atoms with Gasteiger partial charge < -0.3 is 29.2 Å². The fourth-order valence-corrected chi connectivity index (χ4v) is 6.21. The minimum Gasteiger partial charge on any atom is -0.488 e. The lowest BCUT2D eigenvalue weighted by Gasteiger charge is -2.32. The van der Waals surface area contributed by atoms with Gasteiger partial charge in [-0.15, -0.1) is 0 Å². The Morgan fingerprint density at radius 3 is 2.67 bits per heavy atom. The topological polar surface area (TPSA) is 88.7 Å². The minimum atomic E-state index is -0.403. The van der Waals surface area contributed by atoms with Gasteiger partial charge in [-0.2, -0.15) is 0 Å². The number of imidazole rings is 1. The normalized spacial score (nSPS) is 21.1. The van der Waals surface area contributed by atoms with Crippen LogP contribution in [0.2, 0.25) is 0 Å². The molecule has 2 fully saturated rings. The van der Waals surface area contributed by atoms with Gasteiger partial charge in [-0.25, -0.2) is 4.98 Å². The number of aromatic amines is 1. The SMILES string of the molecule is CNCC(=O)N1CCCC1c1nc2c(ccc3cc4c(cc32)OCc2cc(B3OC(C)(C)C(C)(C)O3)ccc2-4)[nH]1. The van der Waals surface area contributed by atoms with Gasteiger partial charge in [0.15, 0.2) is 0 Å². The molecular formula is C31H35BN4O4. The zero-order valence-corrected chi connectivity index (χ0v) is 23.8. The van der Waals surface area contributed by atoms with E-state index in [0.717, 1.165) is 74.9 Å². The summed E-state index contributed by atoms with van der Waals surface area (Å²) < 4.78 is 18.9. The Kier molecular flexibility index (Phi) is 5.79. The van der Waals surface area contributed by atoms with Gasteiger partial charge in [0.2, 0.25) is 5.91 Å². The Balaban J connectivity index is 1.23. The number of H-pyrrole nitrogens is 1. The lowest BCUT2D eigenvalue weighted by molar-refractivity contribution is -0.131. The average Bonchev–Trinajstić information content (AvgIpc) is 3.63. The molecule has 4 heterocycles. The van der Waals surface area contributed by atoms with Gasteiger partial charge in [-0.1, -0.05) is 24.3 Å². The maximum Gasteiger partial charge on any atom is 0.494 e. The second kappa shape index (κ2) is 9.06. The third-order valence-corrected chi connectivity index (χ3v) is 9.13. The van der Waals surface area contributed by atoms with Crippen molar-refractivity contribution in [1.29, 1.82) is 0 Å². The first-order valence-electron chi connectivity index (χ1n) is 14.2. The Bertz CT molecular complexity index is 1650. The molecular weight excluding hydrogens is 503 g/mol. The number of benzene rings is 3. The first kappa shape index (κ1) is 25.6. The van der Waals surface area contributed by atoms with Gasteiger partial charge in [0, 0.05) is 17.5 Å². The van der Waals surface area contributed by atoms with E-state index in [-0.39, 0.29) is 23.2 Å². The Morgan fingerprint density at radius 1 is 1.10 bits per heavy atom. The number of nitrogens with one attached hydrogen (secondary N) is 2. The monoisotopic (exact) mass is 538 g/mol. The van der Waals surface area contributed by atoms with Crippen molar-refractivity contribution in [3.05, 3.63) is 53.9 Å². The number of rotatable bonds is 4. The zero-order chi connectivity index (χ0) is 27.8. The zero-order valence-electron chi connectivity index (χ0n) is 23.8. The molecule has 1 unspecified atom stereocenters. The molecule has 7 rings (SSSR count). The van der Waals surface area contributed by atoms with E-state index in [0.29, 0.717) is 13.2 Å². The summed E-state index contributed by atoms with van der Waals surface area (Å²) in [5.74, 6) is 1.81.